The first kappa shape index (κ1) is 14.9. The van der Waals surface area contributed by atoms with Crippen molar-refractivity contribution in [1.82, 2.24) is 26.0 Å². The highest BCUT2D eigenvalue weighted by Gasteiger charge is 2.31. The Kier molecular flexibility index (Phi) is 4.84. The lowest BCUT2D eigenvalue weighted by Gasteiger charge is -2.40. The Labute approximate surface area is 125 Å². The van der Waals surface area contributed by atoms with Crippen LogP contribution in [0.25, 0.3) is 0 Å². The summed E-state index contributed by atoms with van der Waals surface area (Å²) >= 11 is 0. The molecule has 2 unspecified atom stereocenters. The van der Waals surface area contributed by atoms with E-state index in [0.717, 1.165) is 45.6 Å². The van der Waals surface area contributed by atoms with Crippen molar-refractivity contribution in [2.24, 2.45) is 0 Å². The van der Waals surface area contributed by atoms with E-state index in [9.17, 15) is 9.59 Å². The molecule has 118 valence electrons. The van der Waals surface area contributed by atoms with E-state index < -0.39 is 0 Å². The Morgan fingerprint density at radius 3 is 2.38 bits per heavy atom. The zero-order valence-corrected chi connectivity index (χ0v) is 12.4. The molecule has 3 saturated heterocycles. The first-order chi connectivity index (χ1) is 10.2. The van der Waals surface area contributed by atoms with Crippen molar-refractivity contribution in [3.8, 4) is 0 Å². The van der Waals surface area contributed by atoms with Gasteiger partial charge in [0.2, 0.25) is 11.8 Å². The molecule has 3 fully saturated rings. The Balaban J connectivity index is 1.47. The Hall–Kier alpha value is -1.02. The van der Waals surface area contributed by atoms with Crippen LogP contribution >= 0.6 is 0 Å². The van der Waals surface area contributed by atoms with Crippen molar-refractivity contribution in [1.29, 1.82) is 0 Å². The van der Waals surface area contributed by atoms with Crippen molar-refractivity contribution >= 4 is 11.8 Å². The van der Waals surface area contributed by atoms with Crippen LogP contribution in [-0.2, 0) is 9.59 Å². The summed E-state index contributed by atoms with van der Waals surface area (Å²) in [5.41, 5.74) is 3.07. The Morgan fingerprint density at radius 2 is 1.76 bits per heavy atom. The number of amides is 2. The van der Waals surface area contributed by atoms with Crippen LogP contribution in [0.5, 0.6) is 0 Å². The summed E-state index contributed by atoms with van der Waals surface area (Å²) in [5, 5.41) is 8.03. The minimum absolute atomic E-state index is 0.0233. The molecule has 3 heterocycles. The van der Waals surface area contributed by atoms with E-state index in [1.54, 1.807) is 0 Å². The number of carbonyl (C=O) groups excluding carboxylic acids is 2. The van der Waals surface area contributed by atoms with Crippen molar-refractivity contribution < 1.29 is 9.59 Å². The smallest absolute Gasteiger partial charge is 0.243 e. The van der Waals surface area contributed by atoms with Crippen molar-refractivity contribution in [3.05, 3.63) is 0 Å². The van der Waals surface area contributed by atoms with Gasteiger partial charge in [-0.3, -0.25) is 19.8 Å². The highest BCUT2D eigenvalue weighted by molar-refractivity contribution is 5.96. The van der Waals surface area contributed by atoms with E-state index in [2.05, 4.69) is 21.0 Å². The van der Waals surface area contributed by atoms with Gasteiger partial charge in [0.05, 0.1) is 6.17 Å². The van der Waals surface area contributed by atoms with Gasteiger partial charge < -0.3 is 5.32 Å². The number of nitrogens with one attached hydrogen (secondary N) is 3. The molecule has 0 aromatic rings. The average molecular weight is 295 g/mol. The molecule has 2 amide bonds. The fourth-order valence-electron chi connectivity index (χ4n) is 3.36. The summed E-state index contributed by atoms with van der Waals surface area (Å²) in [7, 11) is 0. The van der Waals surface area contributed by atoms with Gasteiger partial charge in [0.1, 0.15) is 0 Å². The van der Waals surface area contributed by atoms with Gasteiger partial charge in [-0.25, -0.2) is 10.4 Å². The average Bonchev–Trinajstić information content (AvgIpc) is 2.53. The Bertz CT molecular complexity index is 373. The fourth-order valence-corrected chi connectivity index (χ4v) is 3.36. The molecule has 0 aliphatic carbocycles. The summed E-state index contributed by atoms with van der Waals surface area (Å²) in [6, 6.07) is 0.568. The van der Waals surface area contributed by atoms with Crippen LogP contribution in [0.2, 0.25) is 0 Å². The lowest BCUT2D eigenvalue weighted by atomic mass is 10.0. The van der Waals surface area contributed by atoms with Crippen LogP contribution in [0.3, 0.4) is 0 Å². The molecule has 21 heavy (non-hydrogen) atoms. The SMILES string of the molecule is O=C1CCCC(=O)N1NC1CCC(N2CCNCC2)CN1. The first-order valence-corrected chi connectivity index (χ1v) is 8.04. The molecule has 3 N–H and O–H groups in total. The molecule has 0 aromatic heterocycles. The molecule has 0 bridgehead atoms. The van der Waals surface area contributed by atoms with Crippen LogP contribution in [0, 0.1) is 0 Å². The number of rotatable bonds is 3. The van der Waals surface area contributed by atoms with Gasteiger partial charge in [-0.15, -0.1) is 0 Å². The molecule has 3 aliphatic rings. The number of carbonyl (C=O) groups is 2. The quantitative estimate of drug-likeness (QED) is 0.581. The molecule has 3 rings (SSSR count). The third kappa shape index (κ3) is 3.60. The summed E-state index contributed by atoms with van der Waals surface area (Å²) in [4.78, 5) is 26.1. The van der Waals surface area contributed by atoms with Crippen LogP contribution in [-0.4, -0.2) is 66.7 Å². The first-order valence-electron chi connectivity index (χ1n) is 8.04. The van der Waals surface area contributed by atoms with Gasteiger partial charge in [0.25, 0.3) is 0 Å². The van der Waals surface area contributed by atoms with Gasteiger partial charge in [0, 0.05) is 51.6 Å². The molecule has 0 saturated carbocycles. The van der Waals surface area contributed by atoms with Crippen LogP contribution in [0.15, 0.2) is 0 Å². The monoisotopic (exact) mass is 295 g/mol. The second kappa shape index (κ2) is 6.83. The van der Waals surface area contributed by atoms with Gasteiger partial charge in [-0.1, -0.05) is 0 Å². The molecule has 0 aromatic carbocycles. The van der Waals surface area contributed by atoms with Gasteiger partial charge >= 0.3 is 0 Å². The van der Waals surface area contributed by atoms with E-state index in [-0.39, 0.29) is 18.0 Å². The van der Waals surface area contributed by atoms with Gasteiger partial charge in [0.15, 0.2) is 0 Å². The third-order valence-electron chi connectivity index (χ3n) is 4.62. The maximum absolute atomic E-state index is 11.8. The summed E-state index contributed by atoms with van der Waals surface area (Å²) in [6.45, 7) is 5.25. The van der Waals surface area contributed by atoms with Crippen LogP contribution in [0.4, 0.5) is 0 Å². The molecule has 3 aliphatic heterocycles. The lowest BCUT2D eigenvalue weighted by molar-refractivity contribution is -0.153. The zero-order valence-electron chi connectivity index (χ0n) is 12.4. The molecule has 0 radical (unpaired) electrons. The molecule has 7 nitrogen and oxygen atoms in total. The standard InChI is InChI=1S/C14H25N5O2/c20-13-2-1-3-14(21)19(13)17-12-5-4-11(10-16-12)18-8-6-15-7-9-18/h11-12,15-17H,1-10H2. The van der Waals surface area contributed by atoms with Crippen molar-refractivity contribution in [3.63, 3.8) is 0 Å². The van der Waals surface area contributed by atoms with E-state index in [1.165, 1.54) is 5.01 Å². The summed E-state index contributed by atoms with van der Waals surface area (Å²) in [5.74, 6) is -0.199. The molecule has 0 spiro atoms. The van der Waals surface area contributed by atoms with E-state index in [4.69, 9.17) is 0 Å². The predicted molar refractivity (Wildman–Crippen MR) is 78.1 cm³/mol. The lowest BCUT2D eigenvalue weighted by Crippen LogP contribution is -2.62. The minimum atomic E-state index is -0.0997. The van der Waals surface area contributed by atoms with Gasteiger partial charge in [-0.05, 0) is 19.3 Å². The maximum Gasteiger partial charge on any atom is 0.243 e. The Morgan fingerprint density at radius 1 is 1.05 bits per heavy atom. The maximum atomic E-state index is 11.8. The van der Waals surface area contributed by atoms with Crippen LogP contribution < -0.4 is 16.1 Å². The van der Waals surface area contributed by atoms with E-state index >= 15 is 0 Å². The van der Waals surface area contributed by atoms with Crippen LogP contribution in [0.1, 0.15) is 32.1 Å². The minimum Gasteiger partial charge on any atom is -0.314 e. The van der Waals surface area contributed by atoms with E-state index in [1.807, 2.05) is 0 Å². The third-order valence-corrected chi connectivity index (χ3v) is 4.62. The number of hydrogen-bond donors (Lipinski definition) is 3. The number of hydrazine groups is 1. The number of hydrogen-bond acceptors (Lipinski definition) is 6. The predicted octanol–water partition coefficient (Wildman–Crippen LogP) is -0.987. The number of nitrogens with zero attached hydrogens (tertiary/aromatic N) is 2. The molecular weight excluding hydrogens is 270 g/mol. The van der Waals surface area contributed by atoms with E-state index in [0.29, 0.717) is 25.3 Å². The van der Waals surface area contributed by atoms with Crippen molar-refractivity contribution in [2.75, 3.05) is 32.7 Å². The highest BCUT2D eigenvalue weighted by atomic mass is 16.2. The zero-order chi connectivity index (χ0) is 14.7. The van der Waals surface area contributed by atoms with Crippen molar-refractivity contribution in [2.45, 2.75) is 44.3 Å². The largest absolute Gasteiger partial charge is 0.314 e. The fraction of sp³-hybridized carbons (Fsp3) is 0.857. The second-order valence-corrected chi connectivity index (χ2v) is 6.08. The topological polar surface area (TPSA) is 76.7 Å². The normalized spacial score (nSPS) is 32.5. The molecule has 2 atom stereocenters. The number of piperazine rings is 1. The van der Waals surface area contributed by atoms with Gasteiger partial charge in [-0.2, -0.15) is 0 Å². The molecular formula is C14H25N5O2. The number of imide groups is 1. The summed E-state index contributed by atoms with van der Waals surface area (Å²) < 4.78 is 0. The second-order valence-electron chi connectivity index (χ2n) is 6.08. The molecule has 7 heteroatoms. The summed E-state index contributed by atoms with van der Waals surface area (Å²) in [6.07, 6.45) is 3.67. The highest BCUT2D eigenvalue weighted by Crippen LogP contribution is 2.16. The number of piperidine rings is 2.